The van der Waals surface area contributed by atoms with E-state index < -0.39 is 0 Å². The number of thioether (sulfide) groups is 1. The van der Waals surface area contributed by atoms with Crippen LogP contribution in [0, 0.1) is 6.92 Å². The fourth-order valence-electron chi connectivity index (χ4n) is 3.98. The van der Waals surface area contributed by atoms with Gasteiger partial charge < -0.3 is 9.88 Å². The van der Waals surface area contributed by atoms with E-state index in [2.05, 4.69) is 17.2 Å². The number of aromatic nitrogens is 4. The third-order valence-corrected chi connectivity index (χ3v) is 7.29. The summed E-state index contributed by atoms with van der Waals surface area (Å²) >= 11 is 6.73. The molecule has 1 aliphatic rings. The second kappa shape index (κ2) is 11.6. The molecule has 3 aromatic rings. The van der Waals surface area contributed by atoms with Gasteiger partial charge in [-0.05, 0) is 37.5 Å². The Morgan fingerprint density at radius 3 is 2.77 bits per heavy atom. The molecule has 1 fully saturated rings. The Hall–Kier alpha value is -2.98. The quantitative estimate of drug-likeness (QED) is 0.231. The molecular weight excluding hydrogens is 480 g/mol. The van der Waals surface area contributed by atoms with Crippen LogP contribution in [-0.2, 0) is 11.3 Å². The number of nitrogens with zero attached hydrogens (tertiary/aromatic N) is 5. The molecule has 4 heterocycles. The molecule has 1 saturated heterocycles. The second-order valence-corrected chi connectivity index (χ2v) is 10.2. The Morgan fingerprint density at radius 1 is 1.14 bits per heavy atom. The van der Waals surface area contributed by atoms with Crippen LogP contribution in [0.1, 0.15) is 50.2 Å². The highest BCUT2D eigenvalue weighted by Gasteiger charge is 2.32. The van der Waals surface area contributed by atoms with Crippen LogP contribution in [-0.4, -0.2) is 47.2 Å². The topological polar surface area (TPSA) is 84.5 Å². The molecule has 0 radical (unpaired) electrons. The molecule has 1 amide bonds. The number of pyridine rings is 1. The number of hydrogen-bond acceptors (Lipinski definition) is 7. The van der Waals surface area contributed by atoms with Crippen LogP contribution in [0.25, 0.3) is 11.7 Å². The Balaban J connectivity index is 1.61. The summed E-state index contributed by atoms with van der Waals surface area (Å²) in [6.07, 6.45) is 13.9. The summed E-state index contributed by atoms with van der Waals surface area (Å²) in [4.78, 5) is 37.5. The van der Waals surface area contributed by atoms with Crippen molar-refractivity contribution in [3.05, 3.63) is 63.4 Å². The largest absolute Gasteiger partial charge is 0.369 e. The number of nitrogens with one attached hydrogen (secondary N) is 1. The van der Waals surface area contributed by atoms with E-state index in [1.165, 1.54) is 16.2 Å². The molecule has 0 atom stereocenters. The van der Waals surface area contributed by atoms with Crippen molar-refractivity contribution >= 4 is 51.7 Å². The highest BCUT2D eigenvalue weighted by molar-refractivity contribution is 8.26. The number of aryl methyl sites for hydroxylation is 2. The molecule has 4 rings (SSSR count). The van der Waals surface area contributed by atoms with E-state index >= 15 is 0 Å². The second-order valence-electron chi connectivity index (χ2n) is 8.54. The van der Waals surface area contributed by atoms with Gasteiger partial charge in [0.2, 0.25) is 0 Å². The lowest BCUT2D eigenvalue weighted by Gasteiger charge is -2.14. The van der Waals surface area contributed by atoms with Gasteiger partial charge in [-0.15, -0.1) is 0 Å². The fourth-order valence-corrected chi connectivity index (χ4v) is 5.27. The van der Waals surface area contributed by atoms with E-state index in [9.17, 15) is 9.59 Å². The molecule has 3 aromatic heterocycles. The highest BCUT2D eigenvalue weighted by atomic mass is 32.2. The van der Waals surface area contributed by atoms with E-state index in [0.29, 0.717) is 39.3 Å². The third kappa shape index (κ3) is 5.82. The average Bonchev–Trinajstić information content (AvgIpc) is 3.45. The molecule has 0 unspecified atom stereocenters. The predicted molar refractivity (Wildman–Crippen MR) is 146 cm³/mol. The first kappa shape index (κ1) is 25.1. The standard InChI is InChI=1S/C25H30N6O2S2/c1-3-4-5-6-13-31-24(33)20(35-25(31)34)16-19-21(27-10-8-12-29-15-11-26-17-29)28-22-18(2)9-7-14-30(22)23(19)32/h7,9,11,14-17,27H,3-6,8,10,12-13H2,1-2H3. The van der Waals surface area contributed by atoms with Crippen LogP contribution >= 0.6 is 24.0 Å². The average molecular weight is 511 g/mol. The normalized spacial score (nSPS) is 15.0. The minimum atomic E-state index is -0.218. The molecule has 0 aliphatic carbocycles. The van der Waals surface area contributed by atoms with E-state index in [-0.39, 0.29) is 11.5 Å². The number of thiocarbonyl (C=S) groups is 1. The summed E-state index contributed by atoms with van der Waals surface area (Å²) < 4.78 is 4.07. The number of hydrogen-bond donors (Lipinski definition) is 1. The lowest BCUT2D eigenvalue weighted by Crippen LogP contribution is -2.29. The monoisotopic (exact) mass is 510 g/mol. The van der Waals surface area contributed by atoms with Crippen molar-refractivity contribution in [1.29, 1.82) is 0 Å². The Bertz CT molecular complexity index is 1300. The molecule has 0 saturated carbocycles. The highest BCUT2D eigenvalue weighted by Crippen LogP contribution is 2.33. The molecular formula is C25H30N6O2S2. The van der Waals surface area contributed by atoms with Gasteiger partial charge >= 0.3 is 0 Å². The van der Waals surface area contributed by atoms with Crippen molar-refractivity contribution < 1.29 is 4.79 Å². The Labute approximate surface area is 214 Å². The predicted octanol–water partition coefficient (Wildman–Crippen LogP) is 4.48. The van der Waals surface area contributed by atoms with E-state index in [4.69, 9.17) is 17.2 Å². The first-order valence-corrected chi connectivity index (χ1v) is 13.2. The molecule has 1 N–H and O–H groups in total. The molecule has 10 heteroatoms. The van der Waals surface area contributed by atoms with Gasteiger partial charge in [-0.25, -0.2) is 9.97 Å². The van der Waals surface area contributed by atoms with Crippen LogP contribution in [0.3, 0.4) is 0 Å². The van der Waals surface area contributed by atoms with Crippen LogP contribution in [0.15, 0.2) is 46.8 Å². The van der Waals surface area contributed by atoms with Gasteiger partial charge in [-0.3, -0.25) is 18.9 Å². The molecule has 1 aliphatic heterocycles. The summed E-state index contributed by atoms with van der Waals surface area (Å²) in [5.41, 5.74) is 1.64. The van der Waals surface area contributed by atoms with Crippen LogP contribution in [0.5, 0.6) is 0 Å². The number of amides is 1. The summed E-state index contributed by atoms with van der Waals surface area (Å²) in [5.74, 6) is 0.333. The molecule has 184 valence electrons. The van der Waals surface area contributed by atoms with Crippen LogP contribution in [0.4, 0.5) is 5.82 Å². The SMILES string of the molecule is CCCCCCN1C(=O)C(=Cc2c(NCCCn3ccnc3)nc3c(C)cccn3c2=O)SC1=S. The zero-order chi connectivity index (χ0) is 24.8. The minimum absolute atomic E-state index is 0.142. The van der Waals surface area contributed by atoms with Crippen molar-refractivity contribution in [2.75, 3.05) is 18.4 Å². The van der Waals surface area contributed by atoms with Crippen molar-refractivity contribution in [3.63, 3.8) is 0 Å². The van der Waals surface area contributed by atoms with Gasteiger partial charge in [0.15, 0.2) is 0 Å². The van der Waals surface area contributed by atoms with E-state index in [1.54, 1.807) is 29.7 Å². The zero-order valence-electron chi connectivity index (χ0n) is 20.1. The maximum absolute atomic E-state index is 13.5. The third-order valence-electron chi connectivity index (χ3n) is 5.91. The number of carbonyl (C=O) groups is 1. The van der Waals surface area contributed by atoms with Crippen molar-refractivity contribution in [2.24, 2.45) is 0 Å². The van der Waals surface area contributed by atoms with Gasteiger partial charge in [0, 0.05) is 38.2 Å². The lowest BCUT2D eigenvalue weighted by atomic mass is 10.2. The maximum atomic E-state index is 13.5. The van der Waals surface area contributed by atoms with Crippen molar-refractivity contribution in [3.8, 4) is 0 Å². The van der Waals surface area contributed by atoms with Gasteiger partial charge in [0.05, 0.1) is 16.8 Å². The van der Waals surface area contributed by atoms with Gasteiger partial charge in [0.25, 0.3) is 11.5 Å². The van der Waals surface area contributed by atoms with E-state index in [1.807, 2.05) is 29.8 Å². The first-order valence-electron chi connectivity index (χ1n) is 12.0. The lowest BCUT2D eigenvalue weighted by molar-refractivity contribution is -0.122. The molecule has 0 spiro atoms. The summed E-state index contributed by atoms with van der Waals surface area (Å²) in [6, 6.07) is 3.75. The van der Waals surface area contributed by atoms with Crippen molar-refractivity contribution in [1.82, 2.24) is 23.8 Å². The summed E-state index contributed by atoms with van der Waals surface area (Å²) in [7, 11) is 0. The Morgan fingerprint density at radius 2 is 2.00 bits per heavy atom. The number of carbonyl (C=O) groups excluding carboxylic acids is 1. The zero-order valence-corrected chi connectivity index (χ0v) is 21.7. The molecule has 35 heavy (non-hydrogen) atoms. The maximum Gasteiger partial charge on any atom is 0.267 e. The van der Waals surface area contributed by atoms with Gasteiger partial charge in [-0.1, -0.05) is 56.2 Å². The number of rotatable bonds is 11. The first-order chi connectivity index (χ1) is 17.0. The minimum Gasteiger partial charge on any atom is -0.369 e. The van der Waals surface area contributed by atoms with E-state index in [0.717, 1.165) is 44.2 Å². The van der Waals surface area contributed by atoms with Crippen LogP contribution in [0.2, 0.25) is 0 Å². The molecule has 8 nitrogen and oxygen atoms in total. The number of fused-ring (bicyclic) bond motifs is 1. The summed E-state index contributed by atoms with van der Waals surface area (Å²) in [5, 5.41) is 3.33. The summed E-state index contributed by atoms with van der Waals surface area (Å²) in [6.45, 7) is 6.10. The van der Waals surface area contributed by atoms with Gasteiger partial charge in [0.1, 0.15) is 15.8 Å². The number of anilines is 1. The number of imidazole rings is 1. The van der Waals surface area contributed by atoms with Crippen molar-refractivity contribution in [2.45, 2.75) is 52.5 Å². The van der Waals surface area contributed by atoms with Crippen LogP contribution < -0.4 is 10.9 Å². The smallest absolute Gasteiger partial charge is 0.267 e. The Kier molecular flexibility index (Phi) is 8.35. The fraction of sp³-hybridized carbons (Fsp3) is 0.400. The number of unbranched alkanes of at least 4 members (excludes halogenated alkanes) is 3. The van der Waals surface area contributed by atoms with Gasteiger partial charge in [-0.2, -0.15) is 0 Å². The molecule has 0 aromatic carbocycles. The molecule has 0 bridgehead atoms.